The molecule has 6 heteroatoms. The Morgan fingerprint density at radius 2 is 1.92 bits per heavy atom. The van der Waals surface area contributed by atoms with Crippen molar-refractivity contribution >= 4 is 38.6 Å². The molecule has 5 nitrogen and oxygen atoms in total. The number of carbonyl (C=O) groups is 2. The second-order valence-electron chi connectivity index (χ2n) is 6.76. The zero-order chi connectivity index (χ0) is 18.0. The minimum absolute atomic E-state index is 0.0130. The van der Waals surface area contributed by atoms with E-state index < -0.39 is 0 Å². The molecule has 25 heavy (non-hydrogen) atoms. The van der Waals surface area contributed by atoms with Gasteiger partial charge in [-0.1, -0.05) is 18.2 Å². The molecular formula is C19H24BrN3O2. The number of benzene rings is 1. The first-order valence-electron chi connectivity index (χ1n) is 8.73. The molecule has 1 aliphatic heterocycles. The molecule has 0 spiro atoms. The van der Waals surface area contributed by atoms with Gasteiger partial charge in [-0.2, -0.15) is 0 Å². The number of fused-ring (bicyclic) bond motifs is 1. The predicted octanol–water partition coefficient (Wildman–Crippen LogP) is 3.09. The highest BCUT2D eigenvalue weighted by molar-refractivity contribution is 9.10. The van der Waals surface area contributed by atoms with Crippen LogP contribution in [0.15, 0.2) is 28.7 Å². The van der Waals surface area contributed by atoms with Crippen LogP contribution >= 0.6 is 15.9 Å². The second-order valence-corrected chi connectivity index (χ2v) is 7.56. The topological polar surface area (TPSA) is 54.3 Å². The maximum absolute atomic E-state index is 12.8. The lowest BCUT2D eigenvalue weighted by Crippen LogP contribution is -2.42. The van der Waals surface area contributed by atoms with Gasteiger partial charge in [-0.25, -0.2) is 0 Å². The number of carbonyl (C=O) groups excluding carboxylic acids is 2. The number of likely N-dealkylation sites (tertiary alicyclic amines) is 1. The third kappa shape index (κ3) is 3.89. The van der Waals surface area contributed by atoms with E-state index in [2.05, 4.69) is 37.9 Å². The van der Waals surface area contributed by atoms with Crippen molar-refractivity contribution in [2.24, 2.45) is 5.92 Å². The van der Waals surface area contributed by atoms with Gasteiger partial charge in [-0.15, -0.1) is 0 Å². The number of rotatable bonds is 4. The van der Waals surface area contributed by atoms with Crippen LogP contribution in [0.4, 0.5) is 0 Å². The quantitative estimate of drug-likeness (QED) is 0.849. The van der Waals surface area contributed by atoms with Gasteiger partial charge in [0.05, 0.1) is 0 Å². The summed E-state index contributed by atoms with van der Waals surface area (Å²) < 4.78 is 3.15. The van der Waals surface area contributed by atoms with Crippen molar-refractivity contribution < 1.29 is 9.59 Å². The highest BCUT2D eigenvalue weighted by Gasteiger charge is 2.24. The van der Waals surface area contributed by atoms with E-state index in [9.17, 15) is 9.59 Å². The highest BCUT2D eigenvalue weighted by atomic mass is 79.9. The third-order valence-corrected chi connectivity index (χ3v) is 6.06. The van der Waals surface area contributed by atoms with Crippen LogP contribution < -0.4 is 5.32 Å². The average molecular weight is 406 g/mol. The number of nitrogens with zero attached hydrogens (tertiary/aromatic N) is 2. The van der Waals surface area contributed by atoms with E-state index in [1.807, 2.05) is 24.0 Å². The number of nitrogens with one attached hydrogen (secondary N) is 1. The lowest BCUT2D eigenvalue weighted by Gasteiger charge is -2.32. The zero-order valence-electron chi connectivity index (χ0n) is 14.7. The van der Waals surface area contributed by atoms with Crippen LogP contribution in [0.25, 0.3) is 10.9 Å². The van der Waals surface area contributed by atoms with Crippen LogP contribution in [0.5, 0.6) is 0 Å². The summed E-state index contributed by atoms with van der Waals surface area (Å²) in [7, 11) is 0. The van der Waals surface area contributed by atoms with E-state index in [1.165, 1.54) is 0 Å². The maximum Gasteiger partial charge on any atom is 0.242 e. The Kier molecular flexibility index (Phi) is 5.47. The van der Waals surface area contributed by atoms with E-state index >= 15 is 0 Å². The summed E-state index contributed by atoms with van der Waals surface area (Å²) in [5.74, 6) is 0.643. The summed E-state index contributed by atoms with van der Waals surface area (Å²) >= 11 is 3.64. The molecule has 0 aliphatic carbocycles. The van der Waals surface area contributed by atoms with E-state index in [4.69, 9.17) is 0 Å². The van der Waals surface area contributed by atoms with Crippen LogP contribution in [0.2, 0.25) is 0 Å². The molecule has 1 aromatic carbocycles. The normalized spacial score (nSPS) is 15.6. The van der Waals surface area contributed by atoms with E-state index in [0.717, 1.165) is 47.0 Å². The van der Waals surface area contributed by atoms with Crippen LogP contribution in [-0.2, 0) is 16.1 Å². The van der Waals surface area contributed by atoms with Crippen molar-refractivity contribution in [2.75, 3.05) is 19.6 Å². The zero-order valence-corrected chi connectivity index (χ0v) is 16.3. The largest absolute Gasteiger partial charge is 0.356 e. The van der Waals surface area contributed by atoms with E-state index in [0.29, 0.717) is 19.0 Å². The smallest absolute Gasteiger partial charge is 0.242 e. The first-order chi connectivity index (χ1) is 12.0. The van der Waals surface area contributed by atoms with E-state index in [-0.39, 0.29) is 11.8 Å². The Morgan fingerprint density at radius 1 is 1.24 bits per heavy atom. The predicted molar refractivity (Wildman–Crippen MR) is 102 cm³/mol. The molecule has 2 heterocycles. The number of amides is 2. The monoisotopic (exact) mass is 405 g/mol. The van der Waals surface area contributed by atoms with Gasteiger partial charge in [0.15, 0.2) is 0 Å². The minimum Gasteiger partial charge on any atom is -0.356 e. The molecule has 1 fully saturated rings. The molecule has 134 valence electrons. The van der Waals surface area contributed by atoms with Crippen molar-refractivity contribution in [2.45, 2.75) is 33.2 Å². The fourth-order valence-electron chi connectivity index (χ4n) is 3.50. The lowest BCUT2D eigenvalue weighted by atomic mass is 9.96. The van der Waals surface area contributed by atoms with Gasteiger partial charge in [0.1, 0.15) is 6.54 Å². The van der Waals surface area contributed by atoms with Gasteiger partial charge in [-0.05, 0) is 47.7 Å². The van der Waals surface area contributed by atoms with Crippen LogP contribution in [-0.4, -0.2) is 40.9 Å². The number of aromatic nitrogens is 1. The van der Waals surface area contributed by atoms with Crippen LogP contribution in [0, 0.1) is 12.8 Å². The number of para-hydroxylation sites is 1. The Balaban J connectivity index is 1.64. The fraction of sp³-hybridized carbons (Fsp3) is 0.474. The molecule has 1 N–H and O–H groups in total. The Bertz CT molecular complexity index is 791. The number of halogens is 1. The van der Waals surface area contributed by atoms with Crippen molar-refractivity contribution in [3.8, 4) is 0 Å². The van der Waals surface area contributed by atoms with E-state index in [1.54, 1.807) is 6.92 Å². The summed E-state index contributed by atoms with van der Waals surface area (Å²) in [5.41, 5.74) is 2.16. The molecule has 3 rings (SSSR count). The van der Waals surface area contributed by atoms with Crippen molar-refractivity contribution in [3.05, 3.63) is 34.4 Å². The molecule has 0 unspecified atom stereocenters. The molecule has 0 radical (unpaired) electrons. The summed E-state index contributed by atoms with van der Waals surface area (Å²) in [6, 6.07) is 8.14. The van der Waals surface area contributed by atoms with Gasteiger partial charge >= 0.3 is 0 Å². The summed E-state index contributed by atoms with van der Waals surface area (Å²) in [6.07, 6.45) is 1.89. The van der Waals surface area contributed by atoms with Crippen LogP contribution in [0.1, 0.15) is 25.5 Å². The Hall–Kier alpha value is -1.82. The minimum atomic E-state index is 0.0130. The summed E-state index contributed by atoms with van der Waals surface area (Å²) in [5, 5.41) is 4.02. The summed E-state index contributed by atoms with van der Waals surface area (Å²) in [6.45, 7) is 6.20. The number of hydrogen-bond donors (Lipinski definition) is 1. The molecule has 0 saturated carbocycles. The Morgan fingerprint density at radius 3 is 2.60 bits per heavy atom. The van der Waals surface area contributed by atoms with Gasteiger partial charge in [0.25, 0.3) is 0 Å². The summed E-state index contributed by atoms with van der Waals surface area (Å²) in [4.78, 5) is 25.7. The van der Waals surface area contributed by atoms with Gasteiger partial charge in [-0.3, -0.25) is 9.59 Å². The SMILES string of the molecule is CC(=O)NCC1CCN(C(=O)Cn2c(C)c(Br)c3ccccc32)CC1. The molecule has 1 aromatic heterocycles. The third-order valence-electron chi connectivity index (χ3n) is 5.05. The second kappa shape index (κ2) is 7.60. The molecule has 2 amide bonds. The first-order valence-corrected chi connectivity index (χ1v) is 9.52. The standard InChI is InChI=1S/C19H24BrN3O2/c1-13-19(20)16-5-3-4-6-17(16)23(13)12-18(25)22-9-7-15(8-10-22)11-21-14(2)24/h3-6,15H,7-12H2,1-2H3,(H,21,24). The van der Waals surface area contributed by atoms with Gasteiger partial charge in [0.2, 0.25) is 11.8 Å². The molecule has 1 aliphatic rings. The molecular weight excluding hydrogens is 382 g/mol. The fourth-order valence-corrected chi connectivity index (χ4v) is 4.05. The van der Waals surface area contributed by atoms with Crippen molar-refractivity contribution in [3.63, 3.8) is 0 Å². The molecule has 1 saturated heterocycles. The van der Waals surface area contributed by atoms with Crippen molar-refractivity contribution in [1.29, 1.82) is 0 Å². The number of hydrogen-bond acceptors (Lipinski definition) is 2. The lowest BCUT2D eigenvalue weighted by molar-refractivity contribution is -0.133. The Labute approximate surface area is 156 Å². The molecule has 0 atom stereocenters. The van der Waals surface area contributed by atoms with Gasteiger partial charge in [0, 0.05) is 47.6 Å². The van der Waals surface area contributed by atoms with Crippen LogP contribution in [0.3, 0.4) is 0 Å². The maximum atomic E-state index is 12.8. The number of piperidine rings is 1. The molecule has 2 aromatic rings. The first kappa shape index (κ1) is 18.0. The molecule has 0 bridgehead atoms. The highest BCUT2D eigenvalue weighted by Crippen LogP contribution is 2.30. The van der Waals surface area contributed by atoms with Gasteiger partial charge < -0.3 is 14.8 Å². The van der Waals surface area contributed by atoms with Crippen molar-refractivity contribution in [1.82, 2.24) is 14.8 Å². The average Bonchev–Trinajstić information content (AvgIpc) is 2.85.